The molecule has 0 aliphatic carbocycles. The van der Waals surface area contributed by atoms with Crippen molar-refractivity contribution >= 4 is 17.2 Å². The smallest absolute Gasteiger partial charge is 0.273 e. The van der Waals surface area contributed by atoms with Gasteiger partial charge in [-0.2, -0.15) is 0 Å². The van der Waals surface area contributed by atoms with Crippen LogP contribution in [0.2, 0.25) is 0 Å². The molecular weight excluding hydrogens is 352 g/mol. The average Bonchev–Trinajstić information content (AvgIpc) is 3.17. The van der Waals surface area contributed by atoms with Crippen LogP contribution in [0.15, 0.2) is 23.6 Å². The standard InChI is InChI=1S/C18H24N4O3S/c1-24-14-3-4-16(25-2)13(9-14)11-21-5-7-22(8-6-21)18(23)15-12-26-17(10-19)20-15/h3-4,9,12H,5-8,10-11,19H2,1-2H3. The molecule has 3 rings (SSSR count). The molecule has 1 aromatic heterocycles. The summed E-state index contributed by atoms with van der Waals surface area (Å²) in [4.78, 5) is 21.0. The Morgan fingerprint density at radius 2 is 2.00 bits per heavy atom. The summed E-state index contributed by atoms with van der Waals surface area (Å²) in [6.45, 7) is 4.10. The van der Waals surface area contributed by atoms with Crippen LogP contribution >= 0.6 is 11.3 Å². The van der Waals surface area contributed by atoms with Gasteiger partial charge in [0.25, 0.3) is 5.91 Å². The van der Waals surface area contributed by atoms with Crippen molar-refractivity contribution in [3.8, 4) is 11.5 Å². The fourth-order valence-corrected chi connectivity index (χ4v) is 3.67. The third-order valence-electron chi connectivity index (χ3n) is 4.49. The maximum absolute atomic E-state index is 12.6. The molecule has 0 bridgehead atoms. The number of nitrogens with zero attached hydrogens (tertiary/aromatic N) is 3. The quantitative estimate of drug-likeness (QED) is 0.824. The number of aromatic nitrogens is 1. The SMILES string of the molecule is COc1ccc(OC)c(CN2CCN(C(=O)c3csc(CN)n3)CC2)c1. The fraction of sp³-hybridized carbons (Fsp3) is 0.444. The van der Waals surface area contributed by atoms with Gasteiger partial charge in [0.05, 0.1) is 14.2 Å². The van der Waals surface area contributed by atoms with E-state index in [2.05, 4.69) is 9.88 Å². The first-order valence-corrected chi connectivity index (χ1v) is 9.39. The van der Waals surface area contributed by atoms with Crippen molar-refractivity contribution in [1.29, 1.82) is 0 Å². The van der Waals surface area contributed by atoms with E-state index in [-0.39, 0.29) is 5.91 Å². The molecule has 0 saturated carbocycles. The number of methoxy groups -OCH3 is 2. The van der Waals surface area contributed by atoms with E-state index >= 15 is 0 Å². The van der Waals surface area contributed by atoms with E-state index in [1.165, 1.54) is 11.3 Å². The molecular formula is C18H24N4O3S. The second kappa shape index (κ2) is 8.48. The Hall–Kier alpha value is -2.16. The third kappa shape index (κ3) is 4.14. The van der Waals surface area contributed by atoms with Crippen molar-refractivity contribution < 1.29 is 14.3 Å². The van der Waals surface area contributed by atoms with E-state index in [4.69, 9.17) is 15.2 Å². The maximum Gasteiger partial charge on any atom is 0.273 e. The van der Waals surface area contributed by atoms with Gasteiger partial charge >= 0.3 is 0 Å². The minimum Gasteiger partial charge on any atom is -0.497 e. The summed E-state index contributed by atoms with van der Waals surface area (Å²) in [7, 11) is 3.33. The number of piperazine rings is 1. The second-order valence-corrected chi connectivity index (χ2v) is 7.02. The van der Waals surface area contributed by atoms with Crippen molar-refractivity contribution in [2.75, 3.05) is 40.4 Å². The number of carbonyl (C=O) groups excluding carboxylic acids is 1. The summed E-state index contributed by atoms with van der Waals surface area (Å²) in [6, 6.07) is 5.81. The minimum atomic E-state index is -0.0143. The molecule has 7 nitrogen and oxygen atoms in total. The lowest BCUT2D eigenvalue weighted by Crippen LogP contribution is -2.48. The predicted molar refractivity (Wildman–Crippen MR) is 101 cm³/mol. The van der Waals surface area contributed by atoms with Gasteiger partial charge in [0.2, 0.25) is 0 Å². The highest BCUT2D eigenvalue weighted by Crippen LogP contribution is 2.25. The molecule has 0 radical (unpaired) electrons. The van der Waals surface area contributed by atoms with E-state index < -0.39 is 0 Å². The molecule has 1 amide bonds. The molecule has 8 heteroatoms. The van der Waals surface area contributed by atoms with Crippen LogP contribution in [-0.4, -0.2) is 61.1 Å². The van der Waals surface area contributed by atoms with Crippen LogP contribution in [0.3, 0.4) is 0 Å². The van der Waals surface area contributed by atoms with Gasteiger partial charge in [0.1, 0.15) is 22.2 Å². The number of rotatable bonds is 6. The molecule has 1 aliphatic rings. The molecule has 1 aromatic carbocycles. The summed E-state index contributed by atoms with van der Waals surface area (Å²) in [5.41, 5.74) is 7.16. The highest BCUT2D eigenvalue weighted by Gasteiger charge is 2.24. The predicted octanol–water partition coefficient (Wildman–Crippen LogP) is 1.58. The van der Waals surface area contributed by atoms with Crippen LogP contribution < -0.4 is 15.2 Å². The molecule has 0 atom stereocenters. The van der Waals surface area contributed by atoms with Gasteiger partial charge in [-0.05, 0) is 18.2 Å². The summed E-state index contributed by atoms with van der Waals surface area (Å²) < 4.78 is 10.8. The van der Waals surface area contributed by atoms with Gasteiger partial charge in [-0.25, -0.2) is 4.98 Å². The zero-order chi connectivity index (χ0) is 18.5. The van der Waals surface area contributed by atoms with E-state index in [1.54, 1.807) is 19.6 Å². The van der Waals surface area contributed by atoms with Gasteiger partial charge < -0.3 is 20.1 Å². The highest BCUT2D eigenvalue weighted by atomic mass is 32.1. The lowest BCUT2D eigenvalue weighted by Gasteiger charge is -2.34. The van der Waals surface area contributed by atoms with Crippen LogP contribution in [0.25, 0.3) is 0 Å². The Morgan fingerprint density at radius 1 is 1.23 bits per heavy atom. The lowest BCUT2D eigenvalue weighted by molar-refractivity contribution is 0.0622. The van der Waals surface area contributed by atoms with Gasteiger partial charge in [0.15, 0.2) is 0 Å². The molecule has 26 heavy (non-hydrogen) atoms. The van der Waals surface area contributed by atoms with E-state index in [0.717, 1.165) is 41.7 Å². The average molecular weight is 376 g/mol. The first kappa shape index (κ1) is 18.6. The minimum absolute atomic E-state index is 0.0143. The molecule has 1 fully saturated rings. The Labute approximate surface area is 157 Å². The van der Waals surface area contributed by atoms with E-state index in [0.29, 0.717) is 25.3 Å². The zero-order valence-electron chi connectivity index (χ0n) is 15.1. The Balaban J connectivity index is 1.59. The lowest BCUT2D eigenvalue weighted by atomic mass is 10.1. The van der Waals surface area contributed by atoms with Crippen molar-refractivity contribution in [2.45, 2.75) is 13.1 Å². The van der Waals surface area contributed by atoms with E-state index in [9.17, 15) is 4.79 Å². The van der Waals surface area contributed by atoms with Gasteiger partial charge in [-0.3, -0.25) is 9.69 Å². The van der Waals surface area contributed by atoms with Crippen LogP contribution in [-0.2, 0) is 13.1 Å². The summed E-state index contributed by atoms with van der Waals surface area (Å²) in [5, 5.41) is 2.58. The first-order chi connectivity index (χ1) is 12.6. The third-order valence-corrected chi connectivity index (χ3v) is 5.36. The summed E-state index contributed by atoms with van der Waals surface area (Å²) >= 11 is 1.43. The van der Waals surface area contributed by atoms with Crippen LogP contribution in [0.1, 0.15) is 21.1 Å². The van der Waals surface area contributed by atoms with Gasteiger partial charge in [-0.15, -0.1) is 11.3 Å². The molecule has 1 aliphatic heterocycles. The molecule has 1 saturated heterocycles. The molecule has 0 spiro atoms. The topological polar surface area (TPSA) is 80.9 Å². The van der Waals surface area contributed by atoms with Gasteiger partial charge in [-0.1, -0.05) is 0 Å². The van der Waals surface area contributed by atoms with Crippen molar-refractivity contribution in [3.05, 3.63) is 39.8 Å². The number of hydrogen-bond acceptors (Lipinski definition) is 7. The van der Waals surface area contributed by atoms with E-state index in [1.807, 2.05) is 23.1 Å². The second-order valence-electron chi connectivity index (χ2n) is 6.08. The number of ether oxygens (including phenoxy) is 2. The number of carbonyl (C=O) groups is 1. The Morgan fingerprint density at radius 3 is 2.62 bits per heavy atom. The largest absolute Gasteiger partial charge is 0.497 e. The molecule has 2 aromatic rings. The molecule has 2 heterocycles. The normalized spacial score (nSPS) is 15.1. The Bertz CT molecular complexity index is 757. The number of nitrogens with two attached hydrogens (primary N) is 1. The number of hydrogen-bond donors (Lipinski definition) is 1. The van der Waals surface area contributed by atoms with Crippen molar-refractivity contribution in [2.24, 2.45) is 5.73 Å². The van der Waals surface area contributed by atoms with Crippen LogP contribution in [0.4, 0.5) is 0 Å². The molecule has 140 valence electrons. The number of benzene rings is 1. The molecule has 0 unspecified atom stereocenters. The summed E-state index contributed by atoms with van der Waals surface area (Å²) in [5.74, 6) is 1.65. The number of amides is 1. The highest BCUT2D eigenvalue weighted by molar-refractivity contribution is 7.09. The van der Waals surface area contributed by atoms with Crippen molar-refractivity contribution in [1.82, 2.24) is 14.8 Å². The molecule has 2 N–H and O–H groups in total. The zero-order valence-corrected chi connectivity index (χ0v) is 15.9. The van der Waals surface area contributed by atoms with Crippen LogP contribution in [0.5, 0.6) is 11.5 Å². The van der Waals surface area contributed by atoms with Crippen molar-refractivity contribution in [3.63, 3.8) is 0 Å². The summed E-state index contributed by atoms with van der Waals surface area (Å²) in [6.07, 6.45) is 0. The first-order valence-electron chi connectivity index (χ1n) is 8.51. The monoisotopic (exact) mass is 376 g/mol. The van der Waals surface area contributed by atoms with Gasteiger partial charge in [0, 0.05) is 50.2 Å². The Kier molecular flexibility index (Phi) is 6.08. The number of thiazole rings is 1. The van der Waals surface area contributed by atoms with Crippen LogP contribution in [0, 0.1) is 0 Å². The fourth-order valence-electron chi connectivity index (χ4n) is 3.02. The maximum atomic E-state index is 12.6.